The van der Waals surface area contributed by atoms with Gasteiger partial charge in [0.2, 0.25) is 5.28 Å². The maximum Gasteiger partial charge on any atom is 0.274 e. The number of halogens is 2. The normalized spacial score (nSPS) is 10.8. The number of anilines is 2. The van der Waals surface area contributed by atoms with Crippen molar-refractivity contribution in [2.24, 2.45) is 0 Å². The third-order valence-corrected chi connectivity index (χ3v) is 3.26. The van der Waals surface area contributed by atoms with E-state index in [0.717, 1.165) is 0 Å². The van der Waals surface area contributed by atoms with E-state index >= 15 is 0 Å². The van der Waals surface area contributed by atoms with E-state index < -0.39 is 0 Å². The van der Waals surface area contributed by atoms with Crippen molar-refractivity contribution in [2.75, 3.05) is 5.32 Å². The highest BCUT2D eigenvalue weighted by molar-refractivity contribution is 9.10. The molecule has 0 aliphatic carbocycles. The van der Waals surface area contributed by atoms with Crippen molar-refractivity contribution in [3.8, 4) is 0 Å². The summed E-state index contributed by atoms with van der Waals surface area (Å²) < 4.78 is 2.27. The van der Waals surface area contributed by atoms with Crippen molar-refractivity contribution in [2.45, 2.75) is 19.9 Å². The number of nitrogens with zero attached hydrogens (tertiary/aromatic N) is 3. The Morgan fingerprint density at radius 2 is 2.21 bits per heavy atom. The SMILES string of the molecule is CC(C)n1cccc(Nc2nc(Cl)ncc2Br)c1=O. The van der Waals surface area contributed by atoms with E-state index in [-0.39, 0.29) is 16.9 Å². The topological polar surface area (TPSA) is 59.8 Å². The van der Waals surface area contributed by atoms with Gasteiger partial charge in [-0.3, -0.25) is 4.79 Å². The molecule has 2 rings (SSSR count). The van der Waals surface area contributed by atoms with Crippen molar-refractivity contribution < 1.29 is 0 Å². The first-order chi connectivity index (χ1) is 8.99. The molecule has 2 aromatic heterocycles. The van der Waals surface area contributed by atoms with Gasteiger partial charge in [0.1, 0.15) is 11.5 Å². The number of aromatic nitrogens is 3. The minimum Gasteiger partial charge on any atom is -0.335 e. The molecule has 7 heteroatoms. The Balaban J connectivity index is 2.42. The maximum atomic E-state index is 12.2. The third kappa shape index (κ3) is 3.13. The van der Waals surface area contributed by atoms with Crippen LogP contribution in [0.4, 0.5) is 11.5 Å². The second-order valence-electron chi connectivity index (χ2n) is 4.19. The summed E-state index contributed by atoms with van der Waals surface area (Å²) in [5.74, 6) is 0.457. The molecule has 0 amide bonds. The zero-order valence-electron chi connectivity index (χ0n) is 10.4. The molecule has 0 aliphatic heterocycles. The Bertz CT molecular complexity index is 656. The summed E-state index contributed by atoms with van der Waals surface area (Å²) in [5.41, 5.74) is 0.325. The molecule has 1 N–H and O–H groups in total. The zero-order valence-corrected chi connectivity index (χ0v) is 12.7. The van der Waals surface area contributed by atoms with Gasteiger partial charge in [-0.1, -0.05) is 0 Å². The van der Waals surface area contributed by atoms with E-state index in [2.05, 4.69) is 31.2 Å². The fraction of sp³-hybridized carbons (Fsp3) is 0.250. The van der Waals surface area contributed by atoms with Gasteiger partial charge < -0.3 is 9.88 Å². The number of pyridine rings is 1. The fourth-order valence-corrected chi connectivity index (χ4v) is 2.00. The van der Waals surface area contributed by atoms with Gasteiger partial charge in [-0.15, -0.1) is 0 Å². The molecule has 2 heterocycles. The average Bonchev–Trinajstić information content (AvgIpc) is 2.36. The molecule has 5 nitrogen and oxygen atoms in total. The van der Waals surface area contributed by atoms with Crippen LogP contribution in [0.25, 0.3) is 0 Å². The van der Waals surface area contributed by atoms with Gasteiger partial charge in [-0.2, -0.15) is 4.98 Å². The van der Waals surface area contributed by atoms with Crippen LogP contribution in [-0.4, -0.2) is 14.5 Å². The number of rotatable bonds is 3. The van der Waals surface area contributed by atoms with Crippen molar-refractivity contribution in [1.82, 2.24) is 14.5 Å². The summed E-state index contributed by atoms with van der Waals surface area (Å²) in [5, 5.41) is 3.08. The van der Waals surface area contributed by atoms with E-state index in [0.29, 0.717) is 16.0 Å². The second-order valence-corrected chi connectivity index (χ2v) is 5.38. The number of hydrogen-bond acceptors (Lipinski definition) is 4. The summed E-state index contributed by atoms with van der Waals surface area (Å²) in [6.45, 7) is 3.89. The molecule has 100 valence electrons. The van der Waals surface area contributed by atoms with Crippen molar-refractivity contribution >= 4 is 39.0 Å². The fourth-order valence-electron chi connectivity index (χ4n) is 1.57. The molecule has 2 aromatic rings. The second kappa shape index (κ2) is 5.71. The summed E-state index contributed by atoms with van der Waals surface area (Å²) >= 11 is 9.04. The lowest BCUT2D eigenvalue weighted by molar-refractivity contribution is 0.580. The Morgan fingerprint density at radius 3 is 2.89 bits per heavy atom. The van der Waals surface area contributed by atoms with E-state index in [1.54, 1.807) is 22.9 Å². The molecular weight excluding hydrogens is 332 g/mol. The third-order valence-electron chi connectivity index (χ3n) is 2.50. The molecule has 0 saturated heterocycles. The van der Waals surface area contributed by atoms with Crippen LogP contribution < -0.4 is 10.9 Å². The Kier molecular flexibility index (Phi) is 4.21. The molecule has 0 fully saturated rings. The number of hydrogen-bond donors (Lipinski definition) is 1. The quantitative estimate of drug-likeness (QED) is 0.868. The first kappa shape index (κ1) is 14.0. The zero-order chi connectivity index (χ0) is 14.0. The van der Waals surface area contributed by atoms with E-state index in [4.69, 9.17) is 11.6 Å². The Hall–Kier alpha value is -1.40. The lowest BCUT2D eigenvalue weighted by atomic mass is 10.3. The Morgan fingerprint density at radius 1 is 1.47 bits per heavy atom. The summed E-state index contributed by atoms with van der Waals surface area (Å²) in [4.78, 5) is 20.1. The van der Waals surface area contributed by atoms with Crippen molar-refractivity contribution in [3.05, 3.63) is 44.6 Å². The van der Waals surface area contributed by atoms with Gasteiger partial charge in [0.05, 0.1) is 4.47 Å². The predicted octanol–water partition coefficient (Wildman–Crippen LogP) is 3.38. The molecule has 0 saturated carbocycles. The molecule has 0 spiro atoms. The first-order valence-electron chi connectivity index (χ1n) is 5.65. The largest absolute Gasteiger partial charge is 0.335 e. The Labute approximate surface area is 123 Å². The molecule has 0 radical (unpaired) electrons. The van der Waals surface area contributed by atoms with Crippen molar-refractivity contribution in [3.63, 3.8) is 0 Å². The molecule has 0 atom stereocenters. The molecule has 0 aliphatic rings. The van der Waals surface area contributed by atoms with Gasteiger partial charge in [-0.25, -0.2) is 4.98 Å². The molecular formula is C12H12BrClN4O. The molecule has 0 unspecified atom stereocenters. The smallest absolute Gasteiger partial charge is 0.274 e. The highest BCUT2D eigenvalue weighted by Crippen LogP contribution is 2.22. The van der Waals surface area contributed by atoms with E-state index in [1.807, 2.05) is 13.8 Å². The van der Waals surface area contributed by atoms with Crippen LogP contribution >= 0.6 is 27.5 Å². The van der Waals surface area contributed by atoms with Crippen LogP contribution in [0, 0.1) is 0 Å². The van der Waals surface area contributed by atoms with Gasteiger partial charge in [0, 0.05) is 18.4 Å². The minimum absolute atomic E-state index is 0.0895. The molecule has 19 heavy (non-hydrogen) atoms. The molecule has 0 aromatic carbocycles. The highest BCUT2D eigenvalue weighted by atomic mass is 79.9. The monoisotopic (exact) mass is 342 g/mol. The molecule has 0 bridgehead atoms. The van der Waals surface area contributed by atoms with Gasteiger partial charge >= 0.3 is 0 Å². The van der Waals surface area contributed by atoms with Crippen LogP contribution in [0.3, 0.4) is 0 Å². The number of nitrogens with one attached hydrogen (secondary N) is 1. The minimum atomic E-state index is -0.112. The average molecular weight is 344 g/mol. The summed E-state index contributed by atoms with van der Waals surface area (Å²) in [6, 6.07) is 3.59. The van der Waals surface area contributed by atoms with Gasteiger partial charge in [0.25, 0.3) is 5.56 Å². The van der Waals surface area contributed by atoms with E-state index in [9.17, 15) is 4.79 Å². The summed E-state index contributed by atoms with van der Waals surface area (Å²) in [6.07, 6.45) is 3.28. The summed E-state index contributed by atoms with van der Waals surface area (Å²) in [7, 11) is 0. The van der Waals surface area contributed by atoms with Crippen LogP contribution in [0.5, 0.6) is 0 Å². The van der Waals surface area contributed by atoms with Crippen molar-refractivity contribution in [1.29, 1.82) is 0 Å². The first-order valence-corrected chi connectivity index (χ1v) is 6.82. The lowest BCUT2D eigenvalue weighted by Crippen LogP contribution is -2.23. The standard InChI is InChI=1S/C12H12BrClN4O/c1-7(2)18-5-3-4-9(11(18)19)16-10-8(13)6-15-12(14)17-10/h3-7H,1-2H3,(H,15,16,17). The van der Waals surface area contributed by atoms with E-state index in [1.165, 1.54) is 6.20 Å². The highest BCUT2D eigenvalue weighted by Gasteiger charge is 2.09. The predicted molar refractivity (Wildman–Crippen MR) is 79.1 cm³/mol. The van der Waals surface area contributed by atoms with Gasteiger partial charge in [-0.05, 0) is 53.5 Å². The lowest BCUT2D eigenvalue weighted by Gasteiger charge is -2.12. The van der Waals surface area contributed by atoms with Crippen LogP contribution in [-0.2, 0) is 0 Å². The van der Waals surface area contributed by atoms with Gasteiger partial charge in [0.15, 0.2) is 0 Å². The van der Waals surface area contributed by atoms with Crippen LogP contribution in [0.15, 0.2) is 33.8 Å². The maximum absolute atomic E-state index is 12.2. The van der Waals surface area contributed by atoms with Crippen LogP contribution in [0.1, 0.15) is 19.9 Å². The van der Waals surface area contributed by atoms with Crippen LogP contribution in [0.2, 0.25) is 5.28 Å².